The van der Waals surface area contributed by atoms with Crippen LogP contribution in [0.2, 0.25) is 0 Å². The minimum Gasteiger partial charge on any atom is -0.407 e. The fraction of sp³-hybridized carbons (Fsp3) is 0.304. The van der Waals surface area contributed by atoms with Crippen LogP contribution in [0.25, 0.3) is 0 Å². The Kier molecular flexibility index (Phi) is 5.11. The molecule has 1 unspecified atom stereocenters. The van der Waals surface area contributed by atoms with Gasteiger partial charge in [-0.1, -0.05) is 56.2 Å². The first-order chi connectivity index (χ1) is 14.3. The molecule has 1 N–H and O–H groups in total. The summed E-state index contributed by atoms with van der Waals surface area (Å²) < 4.78 is 5.64. The second kappa shape index (κ2) is 7.74. The van der Waals surface area contributed by atoms with Crippen molar-refractivity contribution in [3.05, 3.63) is 71.6 Å². The van der Waals surface area contributed by atoms with Gasteiger partial charge in [0.25, 0.3) is 5.91 Å². The molecule has 0 bridgehead atoms. The molecule has 30 heavy (non-hydrogen) atoms. The third-order valence-corrected chi connectivity index (χ3v) is 5.22. The molecule has 2 amide bonds. The van der Waals surface area contributed by atoms with Gasteiger partial charge < -0.3 is 9.32 Å². The van der Waals surface area contributed by atoms with Gasteiger partial charge in [0.2, 0.25) is 11.8 Å². The van der Waals surface area contributed by atoms with E-state index in [1.807, 2.05) is 42.5 Å². The van der Waals surface area contributed by atoms with Gasteiger partial charge >= 0.3 is 6.01 Å². The minimum absolute atomic E-state index is 0.00826. The summed E-state index contributed by atoms with van der Waals surface area (Å²) in [5, 5.41) is 10.6. The van der Waals surface area contributed by atoms with Crippen LogP contribution < -0.4 is 10.2 Å². The van der Waals surface area contributed by atoms with Crippen LogP contribution in [-0.2, 0) is 10.2 Å². The summed E-state index contributed by atoms with van der Waals surface area (Å²) in [6, 6.07) is 16.9. The van der Waals surface area contributed by atoms with Crippen LogP contribution >= 0.6 is 0 Å². The first-order valence-corrected chi connectivity index (χ1v) is 9.92. The highest BCUT2D eigenvalue weighted by atomic mass is 16.4. The van der Waals surface area contributed by atoms with E-state index in [0.29, 0.717) is 24.4 Å². The summed E-state index contributed by atoms with van der Waals surface area (Å²) in [6.07, 6.45) is 0.290. The predicted octanol–water partition coefficient (Wildman–Crippen LogP) is 4.14. The van der Waals surface area contributed by atoms with E-state index >= 15 is 0 Å². The molecule has 7 nitrogen and oxygen atoms in total. The van der Waals surface area contributed by atoms with E-state index < -0.39 is 0 Å². The second-order valence-corrected chi connectivity index (χ2v) is 8.47. The Balaban J connectivity index is 1.42. The molecule has 0 aliphatic carbocycles. The number of nitrogens with zero attached hydrogens (tertiary/aromatic N) is 3. The number of anilines is 2. The third kappa shape index (κ3) is 4.10. The number of carbonyl (C=O) groups is 2. The van der Waals surface area contributed by atoms with Gasteiger partial charge in [-0.3, -0.25) is 14.9 Å². The maximum absolute atomic E-state index is 12.5. The van der Waals surface area contributed by atoms with Crippen LogP contribution in [0.1, 0.15) is 54.9 Å². The van der Waals surface area contributed by atoms with E-state index in [1.54, 1.807) is 17.0 Å². The Morgan fingerprint density at radius 2 is 1.77 bits per heavy atom. The Morgan fingerprint density at radius 3 is 2.43 bits per heavy atom. The van der Waals surface area contributed by atoms with Crippen molar-refractivity contribution >= 4 is 23.5 Å². The molecule has 4 rings (SSSR count). The molecule has 0 spiro atoms. The van der Waals surface area contributed by atoms with Gasteiger partial charge in [0.05, 0.1) is 5.92 Å². The molecule has 1 fully saturated rings. The van der Waals surface area contributed by atoms with Crippen molar-refractivity contribution in [3.8, 4) is 0 Å². The van der Waals surface area contributed by atoms with E-state index in [-0.39, 0.29) is 29.2 Å². The largest absolute Gasteiger partial charge is 0.407 e. The number of carbonyl (C=O) groups excluding carboxylic acids is 2. The molecule has 154 valence electrons. The highest BCUT2D eigenvalue weighted by molar-refractivity contribution is 6.03. The van der Waals surface area contributed by atoms with Gasteiger partial charge in [-0.05, 0) is 35.2 Å². The van der Waals surface area contributed by atoms with E-state index in [4.69, 9.17) is 4.42 Å². The summed E-state index contributed by atoms with van der Waals surface area (Å²) >= 11 is 0. The molecule has 0 saturated carbocycles. The summed E-state index contributed by atoms with van der Waals surface area (Å²) in [4.78, 5) is 26.6. The van der Waals surface area contributed by atoms with E-state index in [2.05, 4.69) is 36.3 Å². The minimum atomic E-state index is -0.320. The zero-order valence-electron chi connectivity index (χ0n) is 17.3. The van der Waals surface area contributed by atoms with Crippen LogP contribution in [0.3, 0.4) is 0 Å². The average molecular weight is 404 g/mol. The molecule has 1 atom stereocenters. The van der Waals surface area contributed by atoms with E-state index in [0.717, 1.165) is 11.3 Å². The maximum atomic E-state index is 12.5. The molecule has 1 saturated heterocycles. The quantitative estimate of drug-likeness (QED) is 0.706. The molecule has 0 radical (unpaired) electrons. The van der Waals surface area contributed by atoms with Crippen molar-refractivity contribution in [1.82, 2.24) is 10.2 Å². The first-order valence-electron chi connectivity index (χ1n) is 9.92. The number of hydrogen-bond donors (Lipinski definition) is 1. The van der Waals surface area contributed by atoms with Crippen molar-refractivity contribution < 1.29 is 14.0 Å². The van der Waals surface area contributed by atoms with Gasteiger partial charge in [0.15, 0.2) is 0 Å². The van der Waals surface area contributed by atoms with Gasteiger partial charge in [-0.25, -0.2) is 0 Å². The Hall–Kier alpha value is -3.48. The average Bonchev–Trinajstić information content (AvgIpc) is 3.34. The topological polar surface area (TPSA) is 88.3 Å². The zero-order chi connectivity index (χ0) is 21.3. The molecule has 1 aliphatic heterocycles. The Morgan fingerprint density at radius 1 is 1.07 bits per heavy atom. The maximum Gasteiger partial charge on any atom is 0.322 e. The summed E-state index contributed by atoms with van der Waals surface area (Å²) in [6.45, 7) is 6.82. The third-order valence-electron chi connectivity index (χ3n) is 5.22. The van der Waals surface area contributed by atoms with E-state index in [9.17, 15) is 9.59 Å². The fourth-order valence-electron chi connectivity index (χ4n) is 3.47. The van der Waals surface area contributed by atoms with Crippen LogP contribution in [-0.4, -0.2) is 28.6 Å². The lowest BCUT2D eigenvalue weighted by Gasteiger charge is -2.18. The lowest BCUT2D eigenvalue weighted by atomic mass is 9.87. The lowest BCUT2D eigenvalue weighted by molar-refractivity contribution is -0.117. The normalized spacial score (nSPS) is 16.7. The number of amides is 2. The van der Waals surface area contributed by atoms with Gasteiger partial charge in [0.1, 0.15) is 0 Å². The number of hydrogen-bond acceptors (Lipinski definition) is 5. The molecular weight excluding hydrogens is 380 g/mol. The van der Waals surface area contributed by atoms with E-state index in [1.165, 1.54) is 0 Å². The summed E-state index contributed by atoms with van der Waals surface area (Å²) in [7, 11) is 0. The standard InChI is InChI=1S/C23H24N4O3/c1-23(2,3)17-11-9-15(10-12-17)20(29)24-22-26-25-21(30-22)16-13-19(28)27(14-16)18-7-5-4-6-8-18/h4-12,16H,13-14H2,1-3H3,(H,24,26,29). The Bertz CT molecular complexity index is 1050. The number of rotatable bonds is 4. The van der Waals surface area contributed by atoms with Gasteiger partial charge in [-0.15, -0.1) is 5.10 Å². The van der Waals surface area contributed by atoms with Crippen LogP contribution in [0.15, 0.2) is 59.0 Å². The second-order valence-electron chi connectivity index (χ2n) is 8.47. The van der Waals surface area contributed by atoms with Gasteiger partial charge in [0, 0.05) is 24.2 Å². The number of para-hydroxylation sites is 1. The molecule has 2 heterocycles. The first kappa shape index (κ1) is 19.8. The highest BCUT2D eigenvalue weighted by Crippen LogP contribution is 2.31. The molecule has 2 aromatic carbocycles. The number of aromatic nitrogens is 2. The Labute approximate surface area is 175 Å². The smallest absolute Gasteiger partial charge is 0.322 e. The molecule has 1 aromatic heterocycles. The van der Waals surface area contributed by atoms with Gasteiger partial charge in [-0.2, -0.15) is 0 Å². The van der Waals surface area contributed by atoms with Crippen molar-refractivity contribution in [2.45, 2.75) is 38.5 Å². The van der Waals surface area contributed by atoms with Crippen molar-refractivity contribution in [1.29, 1.82) is 0 Å². The molecule has 7 heteroatoms. The van der Waals surface area contributed by atoms with Crippen molar-refractivity contribution in [2.75, 3.05) is 16.8 Å². The lowest BCUT2D eigenvalue weighted by Crippen LogP contribution is -2.24. The monoisotopic (exact) mass is 404 g/mol. The predicted molar refractivity (Wildman–Crippen MR) is 114 cm³/mol. The van der Waals surface area contributed by atoms with Crippen LogP contribution in [0.5, 0.6) is 0 Å². The highest BCUT2D eigenvalue weighted by Gasteiger charge is 2.35. The molecular formula is C23H24N4O3. The SMILES string of the molecule is CC(C)(C)c1ccc(C(=O)Nc2nnc(C3CC(=O)N(c4ccccc4)C3)o2)cc1. The van der Waals surface area contributed by atoms with Crippen LogP contribution in [0.4, 0.5) is 11.7 Å². The van der Waals surface area contributed by atoms with Crippen molar-refractivity contribution in [3.63, 3.8) is 0 Å². The number of benzene rings is 2. The summed E-state index contributed by atoms with van der Waals surface area (Å²) in [5.41, 5.74) is 2.52. The van der Waals surface area contributed by atoms with Crippen LogP contribution in [0, 0.1) is 0 Å². The van der Waals surface area contributed by atoms with Crippen molar-refractivity contribution in [2.24, 2.45) is 0 Å². The molecule has 3 aromatic rings. The number of nitrogens with one attached hydrogen (secondary N) is 1. The zero-order valence-corrected chi connectivity index (χ0v) is 17.3. The molecule has 1 aliphatic rings. The summed E-state index contributed by atoms with van der Waals surface area (Å²) in [5.74, 6) is -0.171. The fourth-order valence-corrected chi connectivity index (χ4v) is 3.47.